The van der Waals surface area contributed by atoms with Gasteiger partial charge in [0.1, 0.15) is 5.75 Å². The van der Waals surface area contributed by atoms with Gasteiger partial charge in [-0.25, -0.2) is 0 Å². The zero-order valence-corrected chi connectivity index (χ0v) is 19.5. The zero-order chi connectivity index (χ0) is 19.9. The number of carbonyl (C=O) groups is 1. The second-order valence-corrected chi connectivity index (χ2v) is 14.2. The first kappa shape index (κ1) is 23.3. The van der Waals surface area contributed by atoms with Crippen LogP contribution in [0.5, 0.6) is 5.75 Å². The number of rotatable bonds is 10. The predicted octanol–water partition coefficient (Wildman–Crippen LogP) is 6.54. The van der Waals surface area contributed by atoms with Gasteiger partial charge >= 0.3 is 0 Å². The lowest BCUT2D eigenvalue weighted by Crippen LogP contribution is -2.50. The molecule has 1 aromatic rings. The number of benzene rings is 1. The van der Waals surface area contributed by atoms with Crippen molar-refractivity contribution in [2.75, 3.05) is 12.9 Å². The van der Waals surface area contributed by atoms with E-state index in [0.29, 0.717) is 27.9 Å². The molecule has 3 nitrogen and oxygen atoms in total. The molecule has 0 bridgehead atoms. The Bertz CT molecular complexity index is 533. The molecular formula is C21H36O3SSi. The third kappa shape index (κ3) is 5.60. The van der Waals surface area contributed by atoms with Crippen molar-refractivity contribution in [1.29, 1.82) is 0 Å². The molecule has 1 rings (SSSR count). The van der Waals surface area contributed by atoms with Crippen molar-refractivity contribution < 1.29 is 14.0 Å². The molecule has 0 saturated carbocycles. The van der Waals surface area contributed by atoms with Crippen molar-refractivity contribution in [3.05, 3.63) is 29.8 Å². The SMILES string of the molecule is CCC(CSC(=O)c1ccc(OC)cc1)O[Si](C(C)C)(C(C)C)C(C)C. The third-order valence-corrected chi connectivity index (χ3v) is 12.5. The average molecular weight is 397 g/mol. The minimum absolute atomic E-state index is 0.0978. The van der Waals surface area contributed by atoms with E-state index in [-0.39, 0.29) is 11.2 Å². The highest BCUT2D eigenvalue weighted by Gasteiger charge is 2.46. The molecule has 0 heterocycles. The molecule has 1 aromatic carbocycles. The van der Waals surface area contributed by atoms with Crippen LogP contribution in [0.1, 0.15) is 65.2 Å². The summed E-state index contributed by atoms with van der Waals surface area (Å²) < 4.78 is 12.0. The molecule has 26 heavy (non-hydrogen) atoms. The summed E-state index contributed by atoms with van der Waals surface area (Å²) in [6.07, 6.45) is 1.06. The van der Waals surface area contributed by atoms with Gasteiger partial charge in [-0.3, -0.25) is 4.79 Å². The molecule has 0 aliphatic rings. The highest BCUT2D eigenvalue weighted by atomic mass is 32.2. The number of hydrogen-bond acceptors (Lipinski definition) is 4. The fourth-order valence-electron chi connectivity index (χ4n) is 3.91. The summed E-state index contributed by atoms with van der Waals surface area (Å²) in [5.74, 6) is 1.48. The third-order valence-electron chi connectivity index (χ3n) is 5.26. The van der Waals surface area contributed by atoms with E-state index >= 15 is 0 Å². The van der Waals surface area contributed by atoms with E-state index in [1.165, 1.54) is 11.8 Å². The van der Waals surface area contributed by atoms with Crippen LogP contribution in [0.4, 0.5) is 0 Å². The maximum absolute atomic E-state index is 12.5. The molecule has 0 fully saturated rings. The fourth-order valence-corrected chi connectivity index (χ4v) is 10.6. The monoisotopic (exact) mass is 396 g/mol. The van der Waals surface area contributed by atoms with Gasteiger partial charge in [-0.05, 0) is 47.3 Å². The van der Waals surface area contributed by atoms with Crippen LogP contribution in [-0.4, -0.2) is 32.4 Å². The summed E-state index contributed by atoms with van der Waals surface area (Å²) in [4.78, 5) is 12.5. The summed E-state index contributed by atoms with van der Waals surface area (Å²) in [5, 5.41) is 0.0978. The number of thioether (sulfide) groups is 1. The van der Waals surface area contributed by atoms with E-state index in [4.69, 9.17) is 9.16 Å². The number of carbonyl (C=O) groups excluding carboxylic acids is 1. The molecule has 148 valence electrons. The van der Waals surface area contributed by atoms with Crippen LogP contribution in [0.15, 0.2) is 24.3 Å². The zero-order valence-electron chi connectivity index (χ0n) is 17.7. The van der Waals surface area contributed by atoms with Crippen LogP contribution < -0.4 is 4.74 Å². The fraction of sp³-hybridized carbons (Fsp3) is 0.667. The van der Waals surface area contributed by atoms with E-state index in [2.05, 4.69) is 48.5 Å². The first-order valence-electron chi connectivity index (χ1n) is 9.67. The topological polar surface area (TPSA) is 35.5 Å². The lowest BCUT2D eigenvalue weighted by molar-refractivity contribution is 0.108. The summed E-state index contributed by atoms with van der Waals surface area (Å²) in [6.45, 7) is 16.0. The highest BCUT2D eigenvalue weighted by molar-refractivity contribution is 8.14. The molecule has 0 saturated heterocycles. The van der Waals surface area contributed by atoms with Crippen LogP contribution in [-0.2, 0) is 4.43 Å². The number of methoxy groups -OCH3 is 1. The van der Waals surface area contributed by atoms with E-state index in [1.807, 2.05) is 24.3 Å². The molecule has 1 atom stereocenters. The summed E-state index contributed by atoms with van der Waals surface area (Å²) in [6, 6.07) is 7.31. The van der Waals surface area contributed by atoms with E-state index in [0.717, 1.165) is 12.2 Å². The van der Waals surface area contributed by atoms with Gasteiger partial charge in [-0.15, -0.1) is 0 Å². The maximum Gasteiger partial charge on any atom is 0.219 e. The molecule has 1 unspecified atom stereocenters. The minimum Gasteiger partial charge on any atom is -0.497 e. The number of hydrogen-bond donors (Lipinski definition) is 0. The highest BCUT2D eigenvalue weighted by Crippen LogP contribution is 2.43. The van der Waals surface area contributed by atoms with Crippen molar-refractivity contribution in [3.8, 4) is 5.75 Å². The van der Waals surface area contributed by atoms with Crippen molar-refractivity contribution in [2.24, 2.45) is 0 Å². The van der Waals surface area contributed by atoms with Gasteiger partial charge in [0.25, 0.3) is 0 Å². The molecular weight excluding hydrogens is 360 g/mol. The predicted molar refractivity (Wildman–Crippen MR) is 116 cm³/mol. The van der Waals surface area contributed by atoms with Crippen molar-refractivity contribution in [2.45, 2.75) is 77.6 Å². The Morgan fingerprint density at radius 2 is 1.50 bits per heavy atom. The molecule has 0 aliphatic heterocycles. The van der Waals surface area contributed by atoms with Gasteiger partial charge in [-0.1, -0.05) is 60.2 Å². The second kappa shape index (κ2) is 10.5. The summed E-state index contributed by atoms with van der Waals surface area (Å²) >= 11 is 1.37. The van der Waals surface area contributed by atoms with Gasteiger partial charge in [0.15, 0.2) is 0 Å². The van der Waals surface area contributed by atoms with Crippen LogP contribution >= 0.6 is 11.8 Å². The Kier molecular flexibility index (Phi) is 9.41. The minimum atomic E-state index is -1.92. The first-order valence-corrected chi connectivity index (χ1v) is 12.8. The van der Waals surface area contributed by atoms with Gasteiger partial charge < -0.3 is 9.16 Å². The normalized spacial score (nSPS) is 13.5. The molecule has 0 amide bonds. The van der Waals surface area contributed by atoms with Gasteiger partial charge in [0.2, 0.25) is 13.4 Å². The summed E-state index contributed by atoms with van der Waals surface area (Å²) in [7, 11) is -0.288. The van der Waals surface area contributed by atoms with Crippen molar-refractivity contribution >= 4 is 25.2 Å². The Morgan fingerprint density at radius 3 is 1.88 bits per heavy atom. The van der Waals surface area contributed by atoms with Gasteiger partial charge in [-0.2, -0.15) is 0 Å². The molecule has 0 aromatic heterocycles. The summed E-state index contributed by atoms with van der Waals surface area (Å²) in [5.41, 5.74) is 2.38. The Labute approximate surface area is 165 Å². The quantitative estimate of drug-likeness (QED) is 0.421. The molecule has 0 spiro atoms. The van der Waals surface area contributed by atoms with Crippen LogP contribution in [0.25, 0.3) is 0 Å². The van der Waals surface area contributed by atoms with Crippen LogP contribution in [0.3, 0.4) is 0 Å². The maximum atomic E-state index is 12.5. The average Bonchev–Trinajstić information content (AvgIpc) is 2.60. The Hall–Kier alpha value is -0.783. The van der Waals surface area contributed by atoms with Gasteiger partial charge in [0, 0.05) is 11.3 Å². The smallest absolute Gasteiger partial charge is 0.219 e. The first-order chi connectivity index (χ1) is 12.2. The van der Waals surface area contributed by atoms with E-state index in [1.54, 1.807) is 7.11 Å². The Balaban J connectivity index is 2.80. The number of ether oxygens (including phenoxy) is 1. The molecule has 0 N–H and O–H groups in total. The van der Waals surface area contributed by atoms with Gasteiger partial charge in [0.05, 0.1) is 13.2 Å². The molecule has 5 heteroatoms. The van der Waals surface area contributed by atoms with Crippen molar-refractivity contribution in [3.63, 3.8) is 0 Å². The van der Waals surface area contributed by atoms with Crippen LogP contribution in [0.2, 0.25) is 16.6 Å². The van der Waals surface area contributed by atoms with E-state index < -0.39 is 8.32 Å². The largest absolute Gasteiger partial charge is 0.497 e. The molecule has 0 aliphatic carbocycles. The lowest BCUT2D eigenvalue weighted by atomic mass is 10.2. The molecule has 0 radical (unpaired) electrons. The van der Waals surface area contributed by atoms with Crippen LogP contribution in [0, 0.1) is 0 Å². The van der Waals surface area contributed by atoms with E-state index in [9.17, 15) is 4.79 Å². The standard InChI is InChI=1S/C21H36O3SSi/c1-9-19(24-26(15(2)3,16(4)5)17(6)7)14-25-21(22)18-10-12-20(23-8)13-11-18/h10-13,15-17,19H,9,14H2,1-8H3. The van der Waals surface area contributed by atoms with Crippen molar-refractivity contribution in [1.82, 2.24) is 0 Å². The second-order valence-electron chi connectivity index (χ2n) is 7.79. The lowest BCUT2D eigenvalue weighted by Gasteiger charge is -2.44. The Morgan fingerprint density at radius 1 is 1.00 bits per heavy atom.